The van der Waals surface area contributed by atoms with E-state index in [2.05, 4.69) is 40.7 Å². The molecule has 6 heteroatoms. The van der Waals surface area contributed by atoms with Gasteiger partial charge in [-0.25, -0.2) is 0 Å². The van der Waals surface area contributed by atoms with Gasteiger partial charge in [0.1, 0.15) is 11.5 Å². The van der Waals surface area contributed by atoms with Gasteiger partial charge in [0.15, 0.2) is 5.96 Å². The van der Waals surface area contributed by atoms with Gasteiger partial charge in [-0.15, -0.1) is 0 Å². The van der Waals surface area contributed by atoms with Crippen molar-refractivity contribution >= 4 is 5.96 Å². The summed E-state index contributed by atoms with van der Waals surface area (Å²) in [5.74, 6) is 2.99. The molecule has 1 heterocycles. The van der Waals surface area contributed by atoms with Gasteiger partial charge in [-0.2, -0.15) is 0 Å². The summed E-state index contributed by atoms with van der Waals surface area (Å²) in [6.07, 6.45) is 1.07. The molecule has 29 heavy (non-hydrogen) atoms. The van der Waals surface area contributed by atoms with Crippen LogP contribution < -0.4 is 20.1 Å². The largest absolute Gasteiger partial charge is 0.496 e. The zero-order valence-electron chi connectivity index (χ0n) is 17.5. The maximum absolute atomic E-state index is 6.13. The normalized spacial score (nSPS) is 16.5. The third-order valence-corrected chi connectivity index (χ3v) is 5.03. The first-order valence-corrected chi connectivity index (χ1v) is 10.1. The van der Waals surface area contributed by atoms with Gasteiger partial charge >= 0.3 is 0 Å². The fourth-order valence-electron chi connectivity index (χ4n) is 3.29. The average Bonchev–Trinajstić information content (AvgIpc) is 3.27. The van der Waals surface area contributed by atoms with E-state index in [0.717, 1.165) is 48.2 Å². The van der Waals surface area contributed by atoms with E-state index >= 15 is 0 Å². The lowest BCUT2D eigenvalue weighted by Gasteiger charge is -2.17. The minimum absolute atomic E-state index is 0.478. The Labute approximate surface area is 173 Å². The number of hydrogen-bond donors (Lipinski definition) is 2. The number of benzene rings is 2. The number of methoxy groups -OCH3 is 1. The van der Waals surface area contributed by atoms with Crippen molar-refractivity contribution in [3.8, 4) is 11.5 Å². The molecule has 1 atom stereocenters. The second-order valence-electron chi connectivity index (χ2n) is 7.24. The van der Waals surface area contributed by atoms with Crippen LogP contribution in [-0.2, 0) is 17.8 Å². The van der Waals surface area contributed by atoms with Crippen LogP contribution in [0.4, 0.5) is 0 Å². The van der Waals surface area contributed by atoms with Crippen molar-refractivity contribution in [3.63, 3.8) is 0 Å². The van der Waals surface area contributed by atoms with Crippen molar-refractivity contribution in [2.75, 3.05) is 34.0 Å². The Morgan fingerprint density at radius 1 is 1.10 bits per heavy atom. The number of guanidine groups is 1. The highest BCUT2D eigenvalue weighted by Gasteiger charge is 2.17. The standard InChI is InChI=1S/C23H31N3O3/c1-17-8-9-20(22(12-17)29-16-18-10-11-28-15-18)14-26-23(24-2)25-13-19-6-4-5-7-21(19)27-3/h4-9,12,18H,10-11,13-16H2,1-3H3,(H2,24,25,26). The minimum atomic E-state index is 0.478. The van der Waals surface area contributed by atoms with Crippen LogP contribution >= 0.6 is 0 Å². The van der Waals surface area contributed by atoms with Crippen LogP contribution in [0.2, 0.25) is 0 Å². The number of rotatable bonds is 8. The number of nitrogens with zero attached hydrogens (tertiary/aromatic N) is 1. The molecule has 0 amide bonds. The fourth-order valence-corrected chi connectivity index (χ4v) is 3.29. The molecule has 0 saturated carbocycles. The van der Waals surface area contributed by atoms with E-state index < -0.39 is 0 Å². The topological polar surface area (TPSA) is 64.1 Å². The molecule has 2 aromatic rings. The molecule has 6 nitrogen and oxygen atoms in total. The summed E-state index contributed by atoms with van der Waals surface area (Å²) in [5.41, 5.74) is 3.37. The Hall–Kier alpha value is -2.73. The second-order valence-corrected chi connectivity index (χ2v) is 7.24. The summed E-state index contributed by atoms with van der Waals surface area (Å²) >= 11 is 0. The zero-order valence-corrected chi connectivity index (χ0v) is 17.5. The van der Waals surface area contributed by atoms with Gasteiger partial charge in [0.05, 0.1) is 20.3 Å². The van der Waals surface area contributed by atoms with Crippen LogP contribution in [0.3, 0.4) is 0 Å². The van der Waals surface area contributed by atoms with Gasteiger partial charge in [0, 0.05) is 43.8 Å². The highest BCUT2D eigenvalue weighted by atomic mass is 16.5. The van der Waals surface area contributed by atoms with E-state index in [-0.39, 0.29) is 0 Å². The highest BCUT2D eigenvalue weighted by Crippen LogP contribution is 2.23. The highest BCUT2D eigenvalue weighted by molar-refractivity contribution is 5.79. The number of aliphatic imine (C=N–C) groups is 1. The second kappa shape index (κ2) is 10.7. The molecule has 0 bridgehead atoms. The van der Waals surface area contributed by atoms with Crippen molar-refractivity contribution < 1.29 is 14.2 Å². The quantitative estimate of drug-likeness (QED) is 0.529. The molecular weight excluding hydrogens is 366 g/mol. The summed E-state index contributed by atoms with van der Waals surface area (Å²) in [6.45, 7) is 5.65. The van der Waals surface area contributed by atoms with Crippen LogP contribution in [0.25, 0.3) is 0 Å². The van der Waals surface area contributed by atoms with Crippen LogP contribution in [0.15, 0.2) is 47.5 Å². The summed E-state index contributed by atoms with van der Waals surface area (Å²) in [7, 11) is 3.45. The SMILES string of the molecule is CN=C(NCc1ccccc1OC)NCc1ccc(C)cc1OCC1CCOC1. The fraction of sp³-hybridized carbons (Fsp3) is 0.435. The van der Waals surface area contributed by atoms with Gasteiger partial charge in [-0.05, 0) is 31.0 Å². The average molecular weight is 398 g/mol. The van der Waals surface area contributed by atoms with Crippen molar-refractivity contribution in [2.45, 2.75) is 26.4 Å². The molecule has 0 spiro atoms. The molecule has 2 N–H and O–H groups in total. The molecule has 2 aromatic carbocycles. The molecule has 1 fully saturated rings. The Morgan fingerprint density at radius 2 is 1.86 bits per heavy atom. The van der Waals surface area contributed by atoms with Crippen LogP contribution in [-0.4, -0.2) is 39.9 Å². The summed E-state index contributed by atoms with van der Waals surface area (Å²) in [4.78, 5) is 4.33. The first-order valence-electron chi connectivity index (χ1n) is 10.1. The van der Waals surface area contributed by atoms with Crippen molar-refractivity contribution in [3.05, 3.63) is 59.2 Å². The third kappa shape index (κ3) is 6.12. The van der Waals surface area contributed by atoms with E-state index in [1.165, 1.54) is 5.56 Å². The predicted octanol–water partition coefficient (Wildman–Crippen LogP) is 3.28. The van der Waals surface area contributed by atoms with Crippen LogP contribution in [0.5, 0.6) is 11.5 Å². The Morgan fingerprint density at radius 3 is 2.55 bits per heavy atom. The molecule has 3 rings (SSSR count). The molecule has 0 aliphatic carbocycles. The number of nitrogens with one attached hydrogen (secondary N) is 2. The first-order chi connectivity index (χ1) is 14.2. The number of hydrogen-bond acceptors (Lipinski definition) is 4. The summed E-state index contributed by atoms with van der Waals surface area (Å²) in [6, 6.07) is 14.3. The Kier molecular flexibility index (Phi) is 7.76. The van der Waals surface area contributed by atoms with E-state index in [0.29, 0.717) is 25.6 Å². The molecular formula is C23H31N3O3. The molecule has 0 radical (unpaired) electrons. The monoisotopic (exact) mass is 397 g/mol. The van der Waals surface area contributed by atoms with Crippen LogP contribution in [0.1, 0.15) is 23.1 Å². The van der Waals surface area contributed by atoms with E-state index in [4.69, 9.17) is 14.2 Å². The summed E-state index contributed by atoms with van der Waals surface area (Å²) < 4.78 is 17.0. The molecule has 1 aliphatic heterocycles. The Balaban J connectivity index is 1.57. The van der Waals surface area contributed by atoms with Gasteiger partial charge in [0.25, 0.3) is 0 Å². The molecule has 0 aromatic heterocycles. The van der Waals surface area contributed by atoms with Gasteiger partial charge in [-0.1, -0.05) is 30.3 Å². The predicted molar refractivity (Wildman–Crippen MR) is 116 cm³/mol. The minimum Gasteiger partial charge on any atom is -0.496 e. The van der Waals surface area contributed by atoms with Crippen molar-refractivity contribution in [1.82, 2.24) is 10.6 Å². The van der Waals surface area contributed by atoms with E-state index in [1.54, 1.807) is 14.2 Å². The van der Waals surface area contributed by atoms with E-state index in [9.17, 15) is 0 Å². The maximum Gasteiger partial charge on any atom is 0.191 e. The van der Waals surface area contributed by atoms with Crippen LogP contribution in [0, 0.1) is 12.8 Å². The zero-order chi connectivity index (χ0) is 20.5. The van der Waals surface area contributed by atoms with Crippen molar-refractivity contribution in [1.29, 1.82) is 0 Å². The number of aryl methyl sites for hydroxylation is 1. The molecule has 1 aliphatic rings. The first kappa shape index (κ1) is 21.0. The smallest absolute Gasteiger partial charge is 0.191 e. The Bertz CT molecular complexity index is 817. The third-order valence-electron chi connectivity index (χ3n) is 5.03. The van der Waals surface area contributed by atoms with Crippen molar-refractivity contribution in [2.24, 2.45) is 10.9 Å². The molecule has 156 valence electrons. The summed E-state index contributed by atoms with van der Waals surface area (Å²) in [5, 5.41) is 6.71. The molecule has 1 saturated heterocycles. The lowest BCUT2D eigenvalue weighted by Crippen LogP contribution is -2.36. The van der Waals surface area contributed by atoms with Gasteiger partial charge < -0.3 is 24.8 Å². The lowest BCUT2D eigenvalue weighted by atomic mass is 10.1. The number of ether oxygens (including phenoxy) is 3. The van der Waals surface area contributed by atoms with Gasteiger partial charge in [-0.3, -0.25) is 4.99 Å². The van der Waals surface area contributed by atoms with Gasteiger partial charge in [0.2, 0.25) is 0 Å². The van der Waals surface area contributed by atoms with E-state index in [1.807, 2.05) is 24.3 Å². The lowest BCUT2D eigenvalue weighted by molar-refractivity contribution is 0.166. The maximum atomic E-state index is 6.13. The number of para-hydroxylation sites is 1. The molecule has 1 unspecified atom stereocenters.